The largest absolute Gasteiger partial charge is 0.234 e. The highest BCUT2D eigenvalue weighted by atomic mass is 28.3. The second-order valence-electron chi connectivity index (χ2n) is 3.64. The molecular formula is C7H15NOSi. The predicted octanol–water partition coefficient (Wildman–Crippen LogP) is 2.05. The van der Waals surface area contributed by atoms with E-state index >= 15 is 0 Å². The summed E-state index contributed by atoms with van der Waals surface area (Å²) in [5.41, 5.74) is 0. The second-order valence-corrected chi connectivity index (χ2v) is 9.26. The van der Waals surface area contributed by atoms with E-state index in [2.05, 4.69) is 24.6 Å². The smallest absolute Gasteiger partial charge is 0.211 e. The molecule has 0 saturated carbocycles. The van der Waals surface area contributed by atoms with Crippen molar-refractivity contribution in [3.05, 3.63) is 0 Å². The van der Waals surface area contributed by atoms with Crippen molar-refractivity contribution in [2.24, 2.45) is 4.99 Å². The molecule has 0 N–H and O–H groups in total. The Labute approximate surface area is 63.4 Å². The highest BCUT2D eigenvalue weighted by Gasteiger charge is 2.10. The predicted molar refractivity (Wildman–Crippen MR) is 45.8 cm³/mol. The molecule has 0 aliphatic heterocycles. The van der Waals surface area contributed by atoms with Gasteiger partial charge in [-0.25, -0.2) is 9.79 Å². The van der Waals surface area contributed by atoms with Crippen LogP contribution in [-0.4, -0.2) is 20.7 Å². The minimum absolute atomic E-state index is 0.660. The van der Waals surface area contributed by atoms with E-state index in [0.717, 1.165) is 6.42 Å². The normalized spacial score (nSPS) is 10.7. The zero-order valence-corrected chi connectivity index (χ0v) is 7.98. The van der Waals surface area contributed by atoms with Crippen LogP contribution in [0, 0.1) is 0 Å². The standard InChI is InChI=1S/C7H15NOSi/c1-10(2,3)6-4-5-8-7-9/h4-6H2,1-3H3. The van der Waals surface area contributed by atoms with E-state index in [4.69, 9.17) is 0 Å². The summed E-state index contributed by atoms with van der Waals surface area (Å²) in [5.74, 6) is 0. The molecule has 0 aromatic carbocycles. The Hall–Kier alpha value is -0.403. The van der Waals surface area contributed by atoms with Crippen LogP contribution in [0.2, 0.25) is 25.7 Å². The van der Waals surface area contributed by atoms with Crippen LogP contribution < -0.4 is 0 Å². The van der Waals surface area contributed by atoms with E-state index in [1.807, 2.05) is 0 Å². The third-order valence-corrected chi connectivity index (χ3v) is 3.11. The van der Waals surface area contributed by atoms with Gasteiger partial charge in [-0.2, -0.15) is 0 Å². The Kier molecular flexibility index (Phi) is 4.24. The fourth-order valence-electron chi connectivity index (χ4n) is 0.734. The first kappa shape index (κ1) is 9.60. The summed E-state index contributed by atoms with van der Waals surface area (Å²) >= 11 is 0. The monoisotopic (exact) mass is 157 g/mol. The van der Waals surface area contributed by atoms with Gasteiger partial charge in [-0.05, 0) is 6.42 Å². The highest BCUT2D eigenvalue weighted by molar-refractivity contribution is 6.76. The number of rotatable bonds is 4. The molecule has 3 heteroatoms. The van der Waals surface area contributed by atoms with Gasteiger partial charge in [0.2, 0.25) is 6.08 Å². The molecule has 2 nitrogen and oxygen atoms in total. The maximum Gasteiger partial charge on any atom is 0.234 e. The van der Waals surface area contributed by atoms with Crippen molar-refractivity contribution in [2.75, 3.05) is 6.54 Å². The highest BCUT2D eigenvalue weighted by Crippen LogP contribution is 2.10. The van der Waals surface area contributed by atoms with Gasteiger partial charge in [0, 0.05) is 8.07 Å². The summed E-state index contributed by atoms with van der Waals surface area (Å²) in [6, 6.07) is 1.25. The molecule has 0 fully saturated rings. The summed E-state index contributed by atoms with van der Waals surface area (Å²) in [7, 11) is -0.897. The number of hydrogen-bond donors (Lipinski definition) is 0. The topological polar surface area (TPSA) is 29.4 Å². The Morgan fingerprint density at radius 1 is 1.40 bits per heavy atom. The molecule has 0 unspecified atom stereocenters. The van der Waals surface area contributed by atoms with Gasteiger partial charge in [-0.1, -0.05) is 25.7 Å². The molecule has 0 amide bonds. The van der Waals surface area contributed by atoms with Gasteiger partial charge >= 0.3 is 0 Å². The molecule has 0 heterocycles. The molecular weight excluding hydrogens is 142 g/mol. The quantitative estimate of drug-likeness (QED) is 0.266. The maximum atomic E-state index is 9.65. The van der Waals surface area contributed by atoms with Crippen LogP contribution in [0.4, 0.5) is 0 Å². The molecule has 0 rings (SSSR count). The van der Waals surface area contributed by atoms with Crippen molar-refractivity contribution in [2.45, 2.75) is 32.1 Å². The summed E-state index contributed by atoms with van der Waals surface area (Å²) in [5, 5.41) is 0. The first-order valence-electron chi connectivity index (χ1n) is 3.60. The lowest BCUT2D eigenvalue weighted by Gasteiger charge is -2.13. The number of carbonyl (C=O) groups excluding carboxylic acids is 1. The van der Waals surface area contributed by atoms with Crippen LogP contribution in [-0.2, 0) is 4.79 Å². The fourth-order valence-corrected chi connectivity index (χ4v) is 1.95. The van der Waals surface area contributed by atoms with E-state index in [1.54, 1.807) is 6.08 Å². The number of isocyanates is 1. The van der Waals surface area contributed by atoms with Gasteiger partial charge in [0.1, 0.15) is 0 Å². The summed E-state index contributed by atoms with van der Waals surface area (Å²) in [6.07, 6.45) is 2.59. The van der Waals surface area contributed by atoms with Crippen LogP contribution in [0.5, 0.6) is 0 Å². The maximum absolute atomic E-state index is 9.65. The molecule has 0 bridgehead atoms. The molecule has 0 aliphatic rings. The van der Waals surface area contributed by atoms with Crippen molar-refractivity contribution >= 4 is 14.2 Å². The lowest BCUT2D eigenvalue weighted by Crippen LogP contribution is -2.18. The minimum Gasteiger partial charge on any atom is -0.211 e. The molecule has 0 atom stereocenters. The lowest BCUT2D eigenvalue weighted by molar-refractivity contribution is 0.562. The van der Waals surface area contributed by atoms with Crippen molar-refractivity contribution in [1.82, 2.24) is 0 Å². The van der Waals surface area contributed by atoms with E-state index in [0.29, 0.717) is 6.54 Å². The first-order chi connectivity index (χ1) is 4.56. The molecule has 0 spiro atoms. The van der Waals surface area contributed by atoms with Gasteiger partial charge in [-0.3, -0.25) is 0 Å². The van der Waals surface area contributed by atoms with Crippen LogP contribution in [0.1, 0.15) is 6.42 Å². The van der Waals surface area contributed by atoms with Gasteiger partial charge < -0.3 is 0 Å². The van der Waals surface area contributed by atoms with Gasteiger partial charge in [-0.15, -0.1) is 0 Å². The van der Waals surface area contributed by atoms with E-state index in [1.165, 1.54) is 6.04 Å². The van der Waals surface area contributed by atoms with E-state index in [9.17, 15) is 4.79 Å². The Morgan fingerprint density at radius 2 is 2.00 bits per heavy atom. The van der Waals surface area contributed by atoms with Crippen molar-refractivity contribution < 1.29 is 4.79 Å². The van der Waals surface area contributed by atoms with Crippen LogP contribution in [0.25, 0.3) is 0 Å². The SMILES string of the molecule is C[Si](C)(C)CCCN=C=O. The molecule has 0 radical (unpaired) electrons. The summed E-state index contributed by atoms with van der Waals surface area (Å²) in [4.78, 5) is 13.1. The van der Waals surface area contributed by atoms with Gasteiger partial charge in [0.25, 0.3) is 0 Å². The third-order valence-electron chi connectivity index (χ3n) is 1.26. The average Bonchev–Trinajstić information content (AvgIpc) is 1.78. The molecule has 58 valence electrons. The van der Waals surface area contributed by atoms with Crippen LogP contribution in [0.15, 0.2) is 4.99 Å². The third kappa shape index (κ3) is 7.60. The van der Waals surface area contributed by atoms with Crippen molar-refractivity contribution in [3.63, 3.8) is 0 Å². The first-order valence-corrected chi connectivity index (χ1v) is 7.30. The van der Waals surface area contributed by atoms with Crippen molar-refractivity contribution in [3.8, 4) is 0 Å². The average molecular weight is 157 g/mol. The number of nitrogens with zero attached hydrogens (tertiary/aromatic N) is 1. The van der Waals surface area contributed by atoms with E-state index < -0.39 is 8.07 Å². The molecule has 0 aromatic heterocycles. The molecule has 0 saturated heterocycles. The van der Waals surface area contributed by atoms with Crippen LogP contribution in [0.3, 0.4) is 0 Å². The summed E-state index contributed by atoms with van der Waals surface area (Å²) in [6.45, 7) is 7.61. The fraction of sp³-hybridized carbons (Fsp3) is 0.857. The molecule has 0 aromatic rings. The number of aliphatic imine (C=N–C) groups is 1. The number of hydrogen-bond acceptors (Lipinski definition) is 2. The Bertz CT molecular complexity index is 133. The second kappa shape index (κ2) is 4.42. The summed E-state index contributed by atoms with van der Waals surface area (Å²) < 4.78 is 0. The van der Waals surface area contributed by atoms with Crippen LogP contribution >= 0.6 is 0 Å². The minimum atomic E-state index is -0.897. The van der Waals surface area contributed by atoms with Gasteiger partial charge in [0.15, 0.2) is 0 Å². The molecule has 0 aliphatic carbocycles. The zero-order valence-electron chi connectivity index (χ0n) is 6.98. The lowest BCUT2D eigenvalue weighted by atomic mass is 10.5. The van der Waals surface area contributed by atoms with Gasteiger partial charge in [0.05, 0.1) is 6.54 Å². The Morgan fingerprint density at radius 3 is 2.40 bits per heavy atom. The molecule has 10 heavy (non-hydrogen) atoms. The van der Waals surface area contributed by atoms with Crippen molar-refractivity contribution in [1.29, 1.82) is 0 Å². The Balaban J connectivity index is 3.28. The van der Waals surface area contributed by atoms with E-state index in [-0.39, 0.29) is 0 Å². The zero-order chi connectivity index (χ0) is 8.04.